The highest BCUT2D eigenvalue weighted by molar-refractivity contribution is 7.11. The van der Waals surface area contributed by atoms with E-state index in [2.05, 4.69) is 26.8 Å². The van der Waals surface area contributed by atoms with Crippen LogP contribution < -0.4 is 0 Å². The molecule has 0 radical (unpaired) electrons. The Morgan fingerprint density at radius 2 is 2.38 bits per heavy atom. The Hall–Kier alpha value is -1.20. The predicted molar refractivity (Wildman–Crippen MR) is 54.2 cm³/mol. The van der Waals surface area contributed by atoms with Gasteiger partial charge in [-0.1, -0.05) is 0 Å². The van der Waals surface area contributed by atoms with Crippen molar-refractivity contribution in [2.75, 3.05) is 0 Å². The van der Waals surface area contributed by atoms with Gasteiger partial charge in [-0.15, -0.1) is 0 Å². The van der Waals surface area contributed by atoms with Gasteiger partial charge in [-0.3, -0.25) is 0 Å². The van der Waals surface area contributed by atoms with E-state index in [1.807, 2.05) is 9.99 Å². The minimum absolute atomic E-state index is 0.784. The van der Waals surface area contributed by atoms with Gasteiger partial charge < -0.3 is 0 Å². The molecule has 64 valence electrons. The van der Waals surface area contributed by atoms with Crippen LogP contribution in [0.5, 0.6) is 0 Å². The molecule has 0 bridgehead atoms. The Morgan fingerprint density at radius 1 is 1.38 bits per heavy atom. The first kappa shape index (κ1) is 7.23. The van der Waals surface area contributed by atoms with Crippen LogP contribution in [0.4, 0.5) is 0 Å². The number of nitrogens with zero attached hydrogens (tertiary/aromatic N) is 3. The number of hydrogen-bond donors (Lipinski definition) is 0. The predicted octanol–water partition coefficient (Wildman–Crippen LogP) is 2.52. The highest BCUT2D eigenvalue weighted by Gasteiger charge is 2.05. The van der Waals surface area contributed by atoms with E-state index < -0.39 is 0 Å². The van der Waals surface area contributed by atoms with E-state index >= 15 is 0 Å². The van der Waals surface area contributed by atoms with E-state index in [1.54, 1.807) is 29.1 Å². The van der Waals surface area contributed by atoms with Crippen LogP contribution in [0.15, 0.2) is 29.2 Å². The Kier molecular flexibility index (Phi) is 1.47. The normalized spacial score (nSPS) is 11.1. The van der Waals surface area contributed by atoms with Gasteiger partial charge in [0.05, 0.1) is 0 Å². The summed E-state index contributed by atoms with van der Waals surface area (Å²) in [5, 5.41) is 5.18. The summed E-state index contributed by atoms with van der Waals surface area (Å²) < 4.78 is 1.97. The first-order valence-electron chi connectivity index (χ1n) is 3.76. The molecule has 13 heavy (non-hydrogen) atoms. The van der Waals surface area contributed by atoms with E-state index in [-0.39, 0.29) is 0 Å². The molecular weight excluding hydrogens is 202 g/mol. The fraction of sp³-hybridized carbons (Fsp3) is 0. The summed E-state index contributed by atoms with van der Waals surface area (Å²) in [6.07, 6.45) is 3.68. The van der Waals surface area contributed by atoms with Gasteiger partial charge >= 0.3 is 0 Å². The quantitative estimate of drug-likeness (QED) is 0.613. The molecule has 0 N–H and O–H groups in total. The molecule has 3 aromatic rings. The molecule has 0 unspecified atom stereocenters. The largest absolute Gasteiger partial charge is 0.244 e. The van der Waals surface area contributed by atoms with Gasteiger partial charge in [0.2, 0.25) is 5.78 Å². The van der Waals surface area contributed by atoms with Crippen molar-refractivity contribution in [1.82, 2.24) is 13.8 Å². The molecule has 0 aromatic carbocycles. The Morgan fingerprint density at radius 3 is 3.15 bits per heavy atom. The monoisotopic (exact) mass is 207 g/mol. The first-order valence-corrected chi connectivity index (χ1v) is 5.48. The van der Waals surface area contributed by atoms with Crippen LogP contribution in [0.1, 0.15) is 0 Å². The minimum atomic E-state index is 0.784. The summed E-state index contributed by atoms with van der Waals surface area (Å²) >= 11 is 3.30. The van der Waals surface area contributed by atoms with Crippen molar-refractivity contribution in [3.63, 3.8) is 0 Å². The van der Waals surface area contributed by atoms with Crippen molar-refractivity contribution in [2.45, 2.75) is 0 Å². The zero-order valence-electron chi connectivity index (χ0n) is 6.54. The van der Waals surface area contributed by atoms with Crippen LogP contribution >= 0.6 is 22.9 Å². The average molecular weight is 207 g/mol. The van der Waals surface area contributed by atoms with E-state index in [0.717, 1.165) is 10.8 Å². The SMILES string of the molecule is c1cn2sc(-c3ccsc3)nc2n1. The van der Waals surface area contributed by atoms with Crippen molar-refractivity contribution in [3.05, 3.63) is 29.2 Å². The molecule has 3 aromatic heterocycles. The molecule has 0 aliphatic heterocycles. The van der Waals surface area contributed by atoms with E-state index in [4.69, 9.17) is 0 Å². The Bertz CT molecular complexity index is 492. The highest BCUT2D eigenvalue weighted by atomic mass is 32.1. The minimum Gasteiger partial charge on any atom is -0.237 e. The Labute approximate surface area is 82.5 Å². The van der Waals surface area contributed by atoms with Crippen molar-refractivity contribution in [2.24, 2.45) is 0 Å². The van der Waals surface area contributed by atoms with Gasteiger partial charge in [-0.05, 0) is 23.0 Å². The summed E-state index contributed by atoms with van der Waals surface area (Å²) in [5.74, 6) is 0.784. The molecule has 0 amide bonds. The lowest BCUT2D eigenvalue weighted by Gasteiger charge is -1.83. The molecule has 0 spiro atoms. The van der Waals surface area contributed by atoms with Crippen LogP contribution in [0.2, 0.25) is 0 Å². The van der Waals surface area contributed by atoms with Gasteiger partial charge in [0.25, 0.3) is 0 Å². The van der Waals surface area contributed by atoms with Crippen molar-refractivity contribution in [3.8, 4) is 10.6 Å². The zero-order valence-corrected chi connectivity index (χ0v) is 8.18. The van der Waals surface area contributed by atoms with Crippen LogP contribution in [0, 0.1) is 0 Å². The second kappa shape index (κ2) is 2.65. The lowest BCUT2D eigenvalue weighted by molar-refractivity contribution is 1.27. The summed E-state index contributed by atoms with van der Waals surface area (Å²) in [7, 11) is 0. The van der Waals surface area contributed by atoms with Crippen molar-refractivity contribution in [1.29, 1.82) is 0 Å². The van der Waals surface area contributed by atoms with Gasteiger partial charge in [0.1, 0.15) is 5.01 Å². The maximum atomic E-state index is 4.39. The van der Waals surface area contributed by atoms with E-state index in [1.165, 1.54) is 5.56 Å². The molecule has 0 fully saturated rings. The van der Waals surface area contributed by atoms with E-state index in [0.29, 0.717) is 0 Å². The van der Waals surface area contributed by atoms with Crippen LogP contribution in [-0.4, -0.2) is 13.8 Å². The van der Waals surface area contributed by atoms with Crippen molar-refractivity contribution >= 4 is 28.6 Å². The molecule has 0 atom stereocenters. The fourth-order valence-electron chi connectivity index (χ4n) is 1.14. The standard InChI is InChI=1S/C8H5N3S2/c1-4-12-5-6(1)7-10-8-9-2-3-11(8)13-7/h1-5H. The third-order valence-electron chi connectivity index (χ3n) is 1.74. The molecule has 0 aliphatic rings. The lowest BCUT2D eigenvalue weighted by Crippen LogP contribution is -1.71. The van der Waals surface area contributed by atoms with E-state index in [9.17, 15) is 0 Å². The van der Waals surface area contributed by atoms with Crippen LogP contribution in [0.25, 0.3) is 16.3 Å². The molecular formula is C8H5N3S2. The molecule has 3 heterocycles. The number of rotatable bonds is 1. The van der Waals surface area contributed by atoms with Gasteiger partial charge in [-0.25, -0.2) is 8.77 Å². The van der Waals surface area contributed by atoms with Gasteiger partial charge in [0.15, 0.2) is 0 Å². The molecule has 0 aliphatic carbocycles. The smallest absolute Gasteiger partial charge is 0.237 e. The zero-order chi connectivity index (χ0) is 8.67. The van der Waals surface area contributed by atoms with Gasteiger partial charge in [0, 0.05) is 23.3 Å². The van der Waals surface area contributed by atoms with Crippen LogP contribution in [0.3, 0.4) is 0 Å². The number of imidazole rings is 1. The van der Waals surface area contributed by atoms with Gasteiger partial charge in [-0.2, -0.15) is 16.3 Å². The maximum absolute atomic E-state index is 4.39. The second-order valence-electron chi connectivity index (χ2n) is 2.57. The summed E-state index contributed by atoms with van der Waals surface area (Å²) in [6.45, 7) is 0. The highest BCUT2D eigenvalue weighted by Crippen LogP contribution is 2.25. The number of thiophene rings is 1. The third-order valence-corrected chi connectivity index (χ3v) is 3.41. The maximum Gasteiger partial charge on any atom is 0.244 e. The average Bonchev–Trinajstić information content (AvgIpc) is 2.78. The first-order chi connectivity index (χ1) is 6.43. The molecule has 0 saturated heterocycles. The number of hydrogen-bond acceptors (Lipinski definition) is 4. The van der Waals surface area contributed by atoms with Crippen molar-refractivity contribution < 1.29 is 0 Å². The molecule has 5 heteroatoms. The molecule has 0 saturated carbocycles. The topological polar surface area (TPSA) is 30.2 Å². The fourth-order valence-corrected chi connectivity index (χ4v) is 2.68. The second-order valence-corrected chi connectivity index (χ2v) is 4.32. The summed E-state index contributed by atoms with van der Waals surface area (Å²) in [6, 6.07) is 2.07. The summed E-state index contributed by atoms with van der Waals surface area (Å²) in [4.78, 5) is 8.51. The van der Waals surface area contributed by atoms with Crippen LogP contribution in [-0.2, 0) is 0 Å². The Balaban J connectivity index is 2.23. The lowest BCUT2D eigenvalue weighted by atomic mass is 10.4. The number of fused-ring (bicyclic) bond motifs is 1. The molecule has 3 nitrogen and oxygen atoms in total. The number of aromatic nitrogens is 3. The third kappa shape index (κ3) is 1.08. The summed E-state index contributed by atoms with van der Waals surface area (Å²) in [5.41, 5.74) is 1.18. The molecule has 3 rings (SSSR count).